The van der Waals surface area contributed by atoms with Crippen molar-refractivity contribution in [3.05, 3.63) is 82.9 Å². The predicted octanol–water partition coefficient (Wildman–Crippen LogP) is 4.79. The molecule has 3 rings (SSSR count). The van der Waals surface area contributed by atoms with Gasteiger partial charge in [-0.15, -0.1) is 0 Å². The fraction of sp³-hybridized carbons (Fsp3) is 0.292. The molecule has 0 heterocycles. The maximum Gasteiger partial charge on any atom is 0.334 e. The Labute approximate surface area is 165 Å². The van der Waals surface area contributed by atoms with Gasteiger partial charge in [-0.3, -0.25) is 0 Å². The van der Waals surface area contributed by atoms with Crippen molar-refractivity contribution in [1.82, 2.24) is 0 Å². The number of carbonyl (C=O) groups excluding carboxylic acids is 1. The van der Waals surface area contributed by atoms with Gasteiger partial charge >= 0.3 is 5.97 Å². The lowest BCUT2D eigenvalue weighted by Crippen LogP contribution is -2.39. The van der Waals surface area contributed by atoms with Gasteiger partial charge in [-0.25, -0.2) is 4.79 Å². The van der Waals surface area contributed by atoms with Gasteiger partial charge in [0.25, 0.3) is 0 Å². The molecule has 1 aliphatic carbocycles. The standard InChI is InChI=1S/C24H22N2O2/c1-3-28-23(27)20-13-14-21(18-10-5-4-6-11-18)24(15-25,16-26)22(20)19-12-8-7-9-17(19)2/h4-13,21-22H,3,14H2,1-2H3. The lowest BCUT2D eigenvalue weighted by Gasteiger charge is -2.40. The van der Waals surface area contributed by atoms with E-state index in [-0.39, 0.29) is 12.5 Å². The fourth-order valence-corrected chi connectivity index (χ4v) is 4.13. The summed E-state index contributed by atoms with van der Waals surface area (Å²) in [6.45, 7) is 3.92. The van der Waals surface area contributed by atoms with Crippen molar-refractivity contribution >= 4 is 5.97 Å². The van der Waals surface area contributed by atoms with Crippen LogP contribution in [0, 0.1) is 35.0 Å². The molecule has 1 aliphatic rings. The van der Waals surface area contributed by atoms with Gasteiger partial charge in [0.15, 0.2) is 5.41 Å². The molecule has 0 aromatic heterocycles. The van der Waals surface area contributed by atoms with Crippen LogP contribution in [0.1, 0.15) is 41.9 Å². The number of allylic oxidation sites excluding steroid dienone is 1. The molecule has 0 radical (unpaired) electrons. The Bertz CT molecular complexity index is 966. The first-order valence-corrected chi connectivity index (χ1v) is 9.39. The van der Waals surface area contributed by atoms with E-state index in [0.717, 1.165) is 16.7 Å². The third-order valence-corrected chi connectivity index (χ3v) is 5.47. The largest absolute Gasteiger partial charge is 0.463 e. The van der Waals surface area contributed by atoms with Crippen LogP contribution in [-0.4, -0.2) is 12.6 Å². The number of nitrogens with zero attached hydrogens (tertiary/aromatic N) is 2. The van der Waals surface area contributed by atoms with Gasteiger partial charge in [-0.2, -0.15) is 10.5 Å². The minimum absolute atomic E-state index is 0.241. The molecule has 0 saturated heterocycles. The lowest BCUT2D eigenvalue weighted by atomic mass is 9.57. The second kappa shape index (κ2) is 8.11. The average molecular weight is 370 g/mol. The molecule has 140 valence electrons. The molecular formula is C24H22N2O2. The molecule has 2 aromatic rings. The lowest BCUT2D eigenvalue weighted by molar-refractivity contribution is -0.139. The molecular weight excluding hydrogens is 348 g/mol. The van der Waals surface area contributed by atoms with E-state index in [1.54, 1.807) is 6.92 Å². The van der Waals surface area contributed by atoms with Crippen molar-refractivity contribution in [1.29, 1.82) is 10.5 Å². The molecule has 2 unspecified atom stereocenters. The molecule has 0 saturated carbocycles. The molecule has 0 spiro atoms. The maximum absolute atomic E-state index is 12.7. The van der Waals surface area contributed by atoms with Crippen LogP contribution >= 0.6 is 0 Å². The molecule has 0 aliphatic heterocycles. The Kier molecular flexibility index (Phi) is 5.62. The second-order valence-corrected chi connectivity index (χ2v) is 6.96. The molecule has 0 fully saturated rings. The SMILES string of the molecule is CCOC(=O)C1=CCC(c2ccccc2)C(C#N)(C#N)C1c1ccccc1C. The van der Waals surface area contributed by atoms with Crippen LogP contribution in [0.4, 0.5) is 0 Å². The average Bonchev–Trinajstić information content (AvgIpc) is 2.74. The summed E-state index contributed by atoms with van der Waals surface area (Å²) in [5, 5.41) is 20.5. The van der Waals surface area contributed by atoms with Crippen molar-refractivity contribution < 1.29 is 9.53 Å². The molecule has 4 heteroatoms. The number of carbonyl (C=O) groups is 1. The third kappa shape index (κ3) is 3.19. The first kappa shape index (κ1) is 19.4. The summed E-state index contributed by atoms with van der Waals surface area (Å²) in [5.74, 6) is -1.48. The maximum atomic E-state index is 12.7. The summed E-state index contributed by atoms with van der Waals surface area (Å²) in [6, 6.07) is 21.8. The van der Waals surface area contributed by atoms with Crippen LogP contribution in [0.5, 0.6) is 0 Å². The van der Waals surface area contributed by atoms with Crippen molar-refractivity contribution in [2.24, 2.45) is 5.41 Å². The van der Waals surface area contributed by atoms with Gasteiger partial charge in [-0.05, 0) is 37.0 Å². The highest BCUT2D eigenvalue weighted by Gasteiger charge is 2.53. The van der Waals surface area contributed by atoms with Crippen molar-refractivity contribution in [3.63, 3.8) is 0 Å². The zero-order chi connectivity index (χ0) is 20.1. The number of nitriles is 2. The number of hydrogen-bond acceptors (Lipinski definition) is 4. The molecule has 0 N–H and O–H groups in total. The first-order chi connectivity index (χ1) is 13.6. The summed E-state index contributed by atoms with van der Waals surface area (Å²) in [7, 11) is 0. The summed E-state index contributed by atoms with van der Waals surface area (Å²) in [5.41, 5.74) is 1.65. The zero-order valence-corrected chi connectivity index (χ0v) is 16.1. The Hall–Kier alpha value is -3.37. The van der Waals surface area contributed by atoms with Gasteiger partial charge in [0.2, 0.25) is 0 Å². The quantitative estimate of drug-likeness (QED) is 0.725. The highest BCUT2D eigenvalue weighted by molar-refractivity contribution is 5.91. The van der Waals surface area contributed by atoms with Crippen LogP contribution < -0.4 is 0 Å². The van der Waals surface area contributed by atoms with E-state index in [2.05, 4.69) is 12.1 Å². The zero-order valence-electron chi connectivity index (χ0n) is 16.1. The molecule has 2 atom stereocenters. The Morgan fingerprint density at radius 2 is 1.75 bits per heavy atom. The van der Waals surface area contributed by atoms with E-state index >= 15 is 0 Å². The Morgan fingerprint density at radius 3 is 2.36 bits per heavy atom. The predicted molar refractivity (Wildman–Crippen MR) is 106 cm³/mol. The van der Waals surface area contributed by atoms with Gasteiger partial charge in [0.1, 0.15) is 0 Å². The number of benzene rings is 2. The number of rotatable bonds is 4. The molecule has 28 heavy (non-hydrogen) atoms. The van der Waals surface area contributed by atoms with Crippen LogP contribution in [0.15, 0.2) is 66.2 Å². The molecule has 0 amide bonds. The Morgan fingerprint density at radius 1 is 1.11 bits per heavy atom. The number of esters is 1. The van der Waals surface area contributed by atoms with E-state index in [1.807, 2.05) is 67.6 Å². The van der Waals surface area contributed by atoms with E-state index < -0.39 is 17.3 Å². The van der Waals surface area contributed by atoms with Gasteiger partial charge in [0, 0.05) is 17.4 Å². The fourth-order valence-electron chi connectivity index (χ4n) is 4.13. The van der Waals surface area contributed by atoms with E-state index in [1.165, 1.54) is 0 Å². The van der Waals surface area contributed by atoms with E-state index in [4.69, 9.17) is 4.74 Å². The first-order valence-electron chi connectivity index (χ1n) is 9.39. The molecule has 0 bridgehead atoms. The van der Waals surface area contributed by atoms with Crippen LogP contribution in [0.2, 0.25) is 0 Å². The second-order valence-electron chi connectivity index (χ2n) is 6.96. The highest BCUT2D eigenvalue weighted by Crippen LogP contribution is 2.55. The number of aryl methyl sites for hydroxylation is 1. The van der Waals surface area contributed by atoms with Crippen molar-refractivity contribution in [2.75, 3.05) is 6.61 Å². The van der Waals surface area contributed by atoms with Crippen LogP contribution in [0.3, 0.4) is 0 Å². The third-order valence-electron chi connectivity index (χ3n) is 5.47. The van der Waals surface area contributed by atoms with Gasteiger partial charge in [0.05, 0.1) is 18.7 Å². The smallest absolute Gasteiger partial charge is 0.334 e. The Balaban J connectivity index is 2.27. The van der Waals surface area contributed by atoms with E-state index in [0.29, 0.717) is 12.0 Å². The summed E-state index contributed by atoms with van der Waals surface area (Å²) >= 11 is 0. The summed E-state index contributed by atoms with van der Waals surface area (Å²) in [4.78, 5) is 12.7. The summed E-state index contributed by atoms with van der Waals surface area (Å²) < 4.78 is 5.27. The minimum Gasteiger partial charge on any atom is -0.463 e. The summed E-state index contributed by atoms with van der Waals surface area (Å²) in [6.07, 6.45) is 2.28. The van der Waals surface area contributed by atoms with Crippen molar-refractivity contribution in [3.8, 4) is 12.1 Å². The molecule has 4 nitrogen and oxygen atoms in total. The van der Waals surface area contributed by atoms with Crippen LogP contribution in [0.25, 0.3) is 0 Å². The molecule has 2 aromatic carbocycles. The van der Waals surface area contributed by atoms with Crippen LogP contribution in [-0.2, 0) is 9.53 Å². The minimum atomic E-state index is -1.41. The topological polar surface area (TPSA) is 73.9 Å². The van der Waals surface area contributed by atoms with Crippen molar-refractivity contribution in [2.45, 2.75) is 32.1 Å². The van der Waals surface area contributed by atoms with Gasteiger partial charge < -0.3 is 4.74 Å². The van der Waals surface area contributed by atoms with E-state index in [9.17, 15) is 15.3 Å². The number of ether oxygens (including phenoxy) is 1. The number of hydrogen-bond donors (Lipinski definition) is 0. The monoisotopic (exact) mass is 370 g/mol. The normalized spacial score (nSPS) is 20.4. The van der Waals surface area contributed by atoms with Gasteiger partial charge in [-0.1, -0.05) is 60.7 Å². The highest BCUT2D eigenvalue weighted by atomic mass is 16.5.